The molecule has 0 aromatic heterocycles. The van der Waals surface area contributed by atoms with Crippen molar-refractivity contribution in [1.82, 2.24) is 15.1 Å². The van der Waals surface area contributed by atoms with Crippen molar-refractivity contribution in [2.45, 2.75) is 38.1 Å². The lowest BCUT2D eigenvalue weighted by Gasteiger charge is -2.43. The number of hydrogen-bond acceptors (Lipinski definition) is 5. The van der Waals surface area contributed by atoms with E-state index in [0.717, 1.165) is 70.2 Å². The van der Waals surface area contributed by atoms with Crippen LogP contribution in [0.5, 0.6) is 0 Å². The monoisotopic (exact) mass is 369 g/mol. The topological polar surface area (TPSA) is 61.9 Å². The number of ether oxygens (including phenoxy) is 1. The van der Waals surface area contributed by atoms with E-state index in [1.165, 1.54) is 0 Å². The second-order valence-corrected chi connectivity index (χ2v) is 8.48. The zero-order chi connectivity index (χ0) is 17.7. The third-order valence-electron chi connectivity index (χ3n) is 5.80. The number of morpholine rings is 1. The van der Waals surface area contributed by atoms with E-state index >= 15 is 0 Å². The first-order valence-corrected chi connectivity index (χ1v) is 10.8. The van der Waals surface area contributed by atoms with Crippen LogP contribution in [-0.4, -0.2) is 84.6 Å². The third-order valence-corrected chi connectivity index (χ3v) is 7.04. The summed E-state index contributed by atoms with van der Waals surface area (Å²) in [6, 6.07) is 0. The number of piperidine rings is 1. The molecule has 3 heterocycles. The SMILES string of the molecule is CCC(=O)N1CCCC(C(=O)NCC2(N3CCOCC3)CCSC2)C1. The van der Waals surface area contributed by atoms with E-state index in [2.05, 4.69) is 10.2 Å². The molecule has 0 aromatic carbocycles. The Morgan fingerprint density at radius 1 is 1.28 bits per heavy atom. The Bertz CT molecular complexity index is 476. The Morgan fingerprint density at radius 2 is 2.08 bits per heavy atom. The summed E-state index contributed by atoms with van der Waals surface area (Å²) in [6.45, 7) is 7.47. The molecule has 0 radical (unpaired) electrons. The average Bonchev–Trinajstić information content (AvgIpc) is 3.16. The minimum Gasteiger partial charge on any atom is -0.379 e. The first-order valence-electron chi connectivity index (χ1n) is 9.61. The maximum absolute atomic E-state index is 12.7. The fraction of sp³-hybridized carbons (Fsp3) is 0.889. The van der Waals surface area contributed by atoms with Gasteiger partial charge in [-0.25, -0.2) is 0 Å². The van der Waals surface area contributed by atoms with Gasteiger partial charge in [0.2, 0.25) is 11.8 Å². The van der Waals surface area contributed by atoms with Crippen LogP contribution < -0.4 is 5.32 Å². The van der Waals surface area contributed by atoms with E-state index in [4.69, 9.17) is 4.74 Å². The molecule has 2 atom stereocenters. The fourth-order valence-corrected chi connectivity index (χ4v) is 5.65. The van der Waals surface area contributed by atoms with Crippen molar-refractivity contribution < 1.29 is 14.3 Å². The molecule has 0 bridgehead atoms. The predicted molar refractivity (Wildman–Crippen MR) is 99.7 cm³/mol. The molecule has 3 rings (SSSR count). The Balaban J connectivity index is 1.55. The summed E-state index contributed by atoms with van der Waals surface area (Å²) >= 11 is 1.98. The van der Waals surface area contributed by atoms with Crippen LogP contribution in [0.3, 0.4) is 0 Å². The minimum absolute atomic E-state index is 0.0555. The van der Waals surface area contributed by atoms with Crippen LogP contribution in [0.1, 0.15) is 32.6 Å². The summed E-state index contributed by atoms with van der Waals surface area (Å²) < 4.78 is 5.50. The van der Waals surface area contributed by atoms with Crippen molar-refractivity contribution in [2.24, 2.45) is 5.92 Å². The highest BCUT2D eigenvalue weighted by Crippen LogP contribution is 2.33. The van der Waals surface area contributed by atoms with Crippen molar-refractivity contribution in [2.75, 3.05) is 57.4 Å². The van der Waals surface area contributed by atoms with Crippen LogP contribution in [-0.2, 0) is 14.3 Å². The van der Waals surface area contributed by atoms with E-state index < -0.39 is 0 Å². The number of nitrogens with zero attached hydrogens (tertiary/aromatic N) is 2. The lowest BCUT2D eigenvalue weighted by atomic mass is 9.93. The first-order chi connectivity index (χ1) is 12.1. The zero-order valence-corrected chi connectivity index (χ0v) is 16.1. The highest BCUT2D eigenvalue weighted by molar-refractivity contribution is 7.99. The van der Waals surface area contributed by atoms with Crippen molar-refractivity contribution in [3.63, 3.8) is 0 Å². The average molecular weight is 370 g/mol. The molecule has 142 valence electrons. The highest BCUT2D eigenvalue weighted by Gasteiger charge is 2.41. The van der Waals surface area contributed by atoms with Gasteiger partial charge in [0.25, 0.3) is 0 Å². The van der Waals surface area contributed by atoms with Crippen molar-refractivity contribution in [3.8, 4) is 0 Å². The maximum Gasteiger partial charge on any atom is 0.224 e. The van der Waals surface area contributed by atoms with Gasteiger partial charge in [-0.1, -0.05) is 6.92 Å². The molecular formula is C18H31N3O3S. The number of nitrogens with one attached hydrogen (secondary N) is 1. The van der Waals surface area contributed by atoms with Crippen LogP contribution in [0, 0.1) is 5.92 Å². The molecule has 1 N–H and O–H groups in total. The standard InChI is InChI=1S/C18H31N3O3S/c1-2-16(22)20-6-3-4-15(12-20)17(23)19-13-18(5-11-25-14-18)21-7-9-24-10-8-21/h15H,2-14H2,1H3,(H,19,23). The first kappa shape index (κ1) is 19.0. The molecule has 0 aliphatic carbocycles. The van der Waals surface area contributed by atoms with Gasteiger partial charge in [0, 0.05) is 50.4 Å². The quantitative estimate of drug-likeness (QED) is 0.782. The van der Waals surface area contributed by atoms with Crippen LogP contribution in [0.15, 0.2) is 0 Å². The summed E-state index contributed by atoms with van der Waals surface area (Å²) in [4.78, 5) is 29.0. The number of thioether (sulfide) groups is 1. The summed E-state index contributed by atoms with van der Waals surface area (Å²) in [5, 5.41) is 3.24. The van der Waals surface area contributed by atoms with Gasteiger partial charge in [-0.15, -0.1) is 0 Å². The summed E-state index contributed by atoms with van der Waals surface area (Å²) in [5.41, 5.74) is 0.0811. The van der Waals surface area contributed by atoms with Gasteiger partial charge in [-0.2, -0.15) is 11.8 Å². The van der Waals surface area contributed by atoms with Gasteiger partial charge >= 0.3 is 0 Å². The van der Waals surface area contributed by atoms with Gasteiger partial charge in [-0.05, 0) is 25.0 Å². The fourth-order valence-electron chi connectivity index (χ4n) is 4.17. The Kier molecular flexibility index (Phi) is 6.63. The number of hydrogen-bond donors (Lipinski definition) is 1. The molecule has 6 nitrogen and oxygen atoms in total. The molecule has 25 heavy (non-hydrogen) atoms. The predicted octanol–water partition coefficient (Wildman–Crippen LogP) is 0.959. The molecular weight excluding hydrogens is 338 g/mol. The molecule has 0 spiro atoms. The van der Waals surface area contributed by atoms with Crippen LogP contribution in [0.25, 0.3) is 0 Å². The molecule has 2 amide bonds. The van der Waals surface area contributed by atoms with E-state index in [-0.39, 0.29) is 23.3 Å². The summed E-state index contributed by atoms with van der Waals surface area (Å²) in [6.07, 6.45) is 3.46. The van der Waals surface area contributed by atoms with E-state index in [0.29, 0.717) is 13.0 Å². The molecule has 3 aliphatic heterocycles. The number of amides is 2. The van der Waals surface area contributed by atoms with E-state index in [1.54, 1.807) is 0 Å². The van der Waals surface area contributed by atoms with Gasteiger partial charge < -0.3 is 15.0 Å². The number of likely N-dealkylation sites (tertiary alicyclic amines) is 1. The molecule has 2 unspecified atom stereocenters. The molecule has 0 aromatic rings. The number of carbonyl (C=O) groups is 2. The largest absolute Gasteiger partial charge is 0.379 e. The zero-order valence-electron chi connectivity index (χ0n) is 15.3. The molecule has 0 saturated carbocycles. The lowest BCUT2D eigenvalue weighted by molar-refractivity contribution is -0.135. The third kappa shape index (κ3) is 4.49. The maximum atomic E-state index is 12.7. The van der Waals surface area contributed by atoms with Gasteiger partial charge in [0.15, 0.2) is 0 Å². The molecule has 3 saturated heterocycles. The second kappa shape index (κ2) is 8.73. The van der Waals surface area contributed by atoms with Crippen LogP contribution in [0.4, 0.5) is 0 Å². The lowest BCUT2D eigenvalue weighted by Crippen LogP contribution is -2.60. The van der Waals surface area contributed by atoms with Crippen molar-refractivity contribution in [3.05, 3.63) is 0 Å². The number of rotatable bonds is 5. The van der Waals surface area contributed by atoms with E-state index in [1.807, 2.05) is 23.6 Å². The summed E-state index contributed by atoms with van der Waals surface area (Å²) in [7, 11) is 0. The molecule has 7 heteroatoms. The highest BCUT2D eigenvalue weighted by atomic mass is 32.2. The smallest absolute Gasteiger partial charge is 0.224 e. The van der Waals surface area contributed by atoms with Gasteiger partial charge in [0.1, 0.15) is 0 Å². The molecule has 3 fully saturated rings. The van der Waals surface area contributed by atoms with Crippen LogP contribution >= 0.6 is 11.8 Å². The van der Waals surface area contributed by atoms with Gasteiger partial charge in [0.05, 0.1) is 19.1 Å². The summed E-state index contributed by atoms with van der Waals surface area (Å²) in [5.74, 6) is 2.47. The number of carbonyl (C=O) groups excluding carboxylic acids is 2. The Labute approximate surface area is 155 Å². The van der Waals surface area contributed by atoms with Crippen LogP contribution in [0.2, 0.25) is 0 Å². The van der Waals surface area contributed by atoms with Crippen molar-refractivity contribution >= 4 is 23.6 Å². The minimum atomic E-state index is -0.0555. The normalized spacial score (nSPS) is 31.1. The second-order valence-electron chi connectivity index (χ2n) is 7.38. The Hall–Kier alpha value is -0.790. The molecule has 3 aliphatic rings. The van der Waals surface area contributed by atoms with Gasteiger partial charge in [-0.3, -0.25) is 14.5 Å². The van der Waals surface area contributed by atoms with E-state index in [9.17, 15) is 9.59 Å². The van der Waals surface area contributed by atoms with Crippen molar-refractivity contribution in [1.29, 1.82) is 0 Å². The Morgan fingerprint density at radius 3 is 2.76 bits per heavy atom.